The predicted molar refractivity (Wildman–Crippen MR) is 93.5 cm³/mol. The van der Waals surface area contributed by atoms with Crippen molar-refractivity contribution in [3.05, 3.63) is 41.1 Å². The maximum atomic E-state index is 6.18. The van der Waals surface area contributed by atoms with E-state index in [4.69, 9.17) is 10.6 Å². The molecule has 23 heavy (non-hydrogen) atoms. The van der Waals surface area contributed by atoms with Gasteiger partial charge < -0.3 is 15.9 Å². The molecule has 0 spiro atoms. The highest BCUT2D eigenvalue weighted by molar-refractivity contribution is 5.82. The molecule has 4 nitrogen and oxygen atoms in total. The van der Waals surface area contributed by atoms with E-state index in [2.05, 4.69) is 35.3 Å². The maximum Gasteiger partial charge on any atom is 0.149 e. The highest BCUT2D eigenvalue weighted by Crippen LogP contribution is 2.27. The van der Waals surface area contributed by atoms with Gasteiger partial charge in [-0.3, -0.25) is 0 Å². The van der Waals surface area contributed by atoms with Crippen LogP contribution in [0.25, 0.3) is 5.70 Å². The van der Waals surface area contributed by atoms with Gasteiger partial charge in [-0.2, -0.15) is 0 Å². The second-order valence-corrected chi connectivity index (χ2v) is 6.34. The SMILES string of the molecule is CC1=NOC(CN/C=C(\N)c2ccc(C#CC3CC3)cc2C)C1. The number of hydrogen-bond donors (Lipinski definition) is 2. The molecule has 1 unspecified atom stereocenters. The van der Waals surface area contributed by atoms with Crippen molar-refractivity contribution in [2.24, 2.45) is 16.8 Å². The van der Waals surface area contributed by atoms with Crippen molar-refractivity contribution in [1.82, 2.24) is 5.32 Å². The number of nitrogens with one attached hydrogen (secondary N) is 1. The maximum absolute atomic E-state index is 6.18. The fraction of sp³-hybridized carbons (Fsp3) is 0.421. The summed E-state index contributed by atoms with van der Waals surface area (Å²) in [5.74, 6) is 7.15. The van der Waals surface area contributed by atoms with Crippen LogP contribution in [-0.4, -0.2) is 18.4 Å². The lowest BCUT2D eigenvalue weighted by atomic mass is 10.0. The molecule has 1 aliphatic carbocycles. The van der Waals surface area contributed by atoms with Crippen LogP contribution in [0.15, 0.2) is 29.6 Å². The van der Waals surface area contributed by atoms with Gasteiger partial charge in [0.1, 0.15) is 6.10 Å². The minimum atomic E-state index is 0.0974. The molecule has 1 atom stereocenters. The van der Waals surface area contributed by atoms with Crippen LogP contribution in [0.1, 0.15) is 42.9 Å². The van der Waals surface area contributed by atoms with Crippen LogP contribution in [-0.2, 0) is 4.84 Å². The topological polar surface area (TPSA) is 59.6 Å². The Morgan fingerprint density at radius 1 is 1.43 bits per heavy atom. The fourth-order valence-corrected chi connectivity index (χ4v) is 2.53. The molecular formula is C19H23N3O. The van der Waals surface area contributed by atoms with Crippen molar-refractivity contribution < 1.29 is 4.84 Å². The summed E-state index contributed by atoms with van der Waals surface area (Å²) in [5.41, 5.74) is 11.2. The van der Waals surface area contributed by atoms with Gasteiger partial charge in [0.05, 0.1) is 18.0 Å². The van der Waals surface area contributed by atoms with Gasteiger partial charge in [-0.1, -0.05) is 23.1 Å². The molecule has 0 amide bonds. The lowest BCUT2D eigenvalue weighted by Crippen LogP contribution is -2.23. The van der Waals surface area contributed by atoms with E-state index in [1.54, 1.807) is 0 Å². The summed E-state index contributed by atoms with van der Waals surface area (Å²) in [4.78, 5) is 5.28. The molecule has 1 heterocycles. The second-order valence-electron chi connectivity index (χ2n) is 6.34. The Hall–Kier alpha value is -2.41. The zero-order valence-corrected chi connectivity index (χ0v) is 13.7. The third-order valence-electron chi connectivity index (χ3n) is 4.02. The van der Waals surface area contributed by atoms with Crippen LogP contribution in [0, 0.1) is 24.7 Å². The van der Waals surface area contributed by atoms with Crippen molar-refractivity contribution in [1.29, 1.82) is 0 Å². The first-order valence-corrected chi connectivity index (χ1v) is 8.12. The fourth-order valence-electron chi connectivity index (χ4n) is 2.53. The molecular weight excluding hydrogens is 286 g/mol. The normalized spacial score (nSPS) is 20.3. The molecule has 1 fully saturated rings. The number of aryl methyl sites for hydroxylation is 1. The average molecular weight is 309 g/mol. The largest absolute Gasteiger partial charge is 0.397 e. The second kappa shape index (κ2) is 6.78. The standard InChI is InChI=1S/C19H23N3O/c1-13-9-16(6-5-15-3-4-15)7-8-18(13)19(20)12-21-11-17-10-14(2)22-23-17/h7-9,12,15,17,21H,3-4,10-11,20H2,1-2H3/b19-12-. The van der Waals surface area contributed by atoms with Crippen molar-refractivity contribution in [2.75, 3.05) is 6.54 Å². The van der Waals surface area contributed by atoms with Crippen LogP contribution < -0.4 is 11.1 Å². The van der Waals surface area contributed by atoms with E-state index in [1.807, 2.05) is 25.3 Å². The molecule has 120 valence electrons. The summed E-state index contributed by atoms with van der Waals surface area (Å²) >= 11 is 0. The molecule has 1 saturated carbocycles. The number of oxime groups is 1. The Kier molecular flexibility index (Phi) is 4.57. The van der Waals surface area contributed by atoms with Gasteiger partial charge in [-0.05, 0) is 44.4 Å². The highest BCUT2D eigenvalue weighted by atomic mass is 16.6. The monoisotopic (exact) mass is 309 g/mol. The lowest BCUT2D eigenvalue weighted by molar-refractivity contribution is 0.0876. The first-order chi connectivity index (χ1) is 11.1. The number of nitrogens with zero attached hydrogens (tertiary/aromatic N) is 1. The lowest BCUT2D eigenvalue weighted by Gasteiger charge is -2.10. The van der Waals surface area contributed by atoms with Crippen molar-refractivity contribution in [3.63, 3.8) is 0 Å². The molecule has 4 heteroatoms. The van der Waals surface area contributed by atoms with Crippen molar-refractivity contribution >= 4 is 11.4 Å². The molecule has 0 bridgehead atoms. The molecule has 1 aromatic rings. The van der Waals surface area contributed by atoms with Gasteiger partial charge in [-0.25, -0.2) is 0 Å². The Morgan fingerprint density at radius 2 is 2.26 bits per heavy atom. The summed E-state index contributed by atoms with van der Waals surface area (Å²) in [7, 11) is 0. The van der Waals surface area contributed by atoms with Crippen LogP contribution in [0.2, 0.25) is 0 Å². The zero-order chi connectivity index (χ0) is 16.2. The van der Waals surface area contributed by atoms with Crippen LogP contribution >= 0.6 is 0 Å². The quantitative estimate of drug-likeness (QED) is 0.841. The first kappa shape index (κ1) is 15.5. The highest BCUT2D eigenvalue weighted by Gasteiger charge is 2.18. The number of nitrogens with two attached hydrogens (primary N) is 1. The van der Waals surface area contributed by atoms with Gasteiger partial charge in [0, 0.05) is 29.7 Å². The summed E-state index contributed by atoms with van der Waals surface area (Å²) in [6, 6.07) is 6.18. The molecule has 1 aliphatic heterocycles. The van der Waals surface area contributed by atoms with Crippen molar-refractivity contribution in [3.8, 4) is 11.8 Å². The predicted octanol–water partition coefficient (Wildman–Crippen LogP) is 2.77. The van der Waals surface area contributed by atoms with Gasteiger partial charge in [0.25, 0.3) is 0 Å². The van der Waals surface area contributed by atoms with E-state index < -0.39 is 0 Å². The molecule has 1 aromatic carbocycles. The number of hydrogen-bond acceptors (Lipinski definition) is 4. The summed E-state index contributed by atoms with van der Waals surface area (Å²) in [6.07, 6.45) is 5.31. The van der Waals surface area contributed by atoms with E-state index in [-0.39, 0.29) is 6.10 Å². The third kappa shape index (κ3) is 4.29. The molecule has 0 aromatic heterocycles. The van der Waals surface area contributed by atoms with Gasteiger partial charge in [0.2, 0.25) is 0 Å². The van der Waals surface area contributed by atoms with Gasteiger partial charge in [0.15, 0.2) is 0 Å². The van der Waals surface area contributed by atoms with Crippen LogP contribution in [0.4, 0.5) is 0 Å². The molecule has 0 radical (unpaired) electrons. The number of rotatable bonds is 4. The van der Waals surface area contributed by atoms with Crippen LogP contribution in [0.3, 0.4) is 0 Å². The van der Waals surface area contributed by atoms with Gasteiger partial charge in [-0.15, -0.1) is 0 Å². The minimum Gasteiger partial charge on any atom is -0.397 e. The van der Waals surface area contributed by atoms with E-state index in [0.717, 1.165) is 34.5 Å². The van der Waals surface area contributed by atoms with E-state index in [9.17, 15) is 0 Å². The smallest absolute Gasteiger partial charge is 0.149 e. The Morgan fingerprint density at radius 3 is 2.91 bits per heavy atom. The third-order valence-corrected chi connectivity index (χ3v) is 4.02. The number of benzene rings is 1. The Bertz CT molecular complexity index is 705. The summed E-state index contributed by atoms with van der Waals surface area (Å²) < 4.78 is 0. The minimum absolute atomic E-state index is 0.0974. The molecule has 3 N–H and O–H groups in total. The first-order valence-electron chi connectivity index (χ1n) is 8.12. The van der Waals surface area contributed by atoms with Crippen molar-refractivity contribution in [2.45, 2.75) is 39.2 Å². The average Bonchev–Trinajstić information content (AvgIpc) is 3.26. The van der Waals surface area contributed by atoms with Crippen LogP contribution in [0.5, 0.6) is 0 Å². The summed E-state index contributed by atoms with van der Waals surface area (Å²) in [5, 5.41) is 7.17. The van der Waals surface area contributed by atoms with E-state index in [0.29, 0.717) is 12.5 Å². The van der Waals surface area contributed by atoms with E-state index >= 15 is 0 Å². The molecule has 2 aliphatic rings. The summed E-state index contributed by atoms with van der Waals surface area (Å²) in [6.45, 7) is 4.74. The van der Waals surface area contributed by atoms with E-state index in [1.165, 1.54) is 12.8 Å². The molecule has 0 saturated heterocycles. The zero-order valence-electron chi connectivity index (χ0n) is 13.7. The van der Waals surface area contributed by atoms with Gasteiger partial charge >= 0.3 is 0 Å². The Labute approximate surface area is 137 Å². The Balaban J connectivity index is 1.59. The molecule has 3 rings (SSSR count).